The van der Waals surface area contributed by atoms with Gasteiger partial charge in [0.1, 0.15) is 11.8 Å². The van der Waals surface area contributed by atoms with Crippen molar-refractivity contribution < 1.29 is 14.3 Å². The minimum Gasteiger partial charge on any atom is -0.493 e. The van der Waals surface area contributed by atoms with Gasteiger partial charge in [0.25, 0.3) is 5.91 Å². The monoisotopic (exact) mass is 528 g/mol. The van der Waals surface area contributed by atoms with Crippen molar-refractivity contribution in [1.82, 2.24) is 10.6 Å². The highest BCUT2D eigenvalue weighted by atomic mass is 32.2. The first-order valence-electron chi connectivity index (χ1n) is 15.2. The van der Waals surface area contributed by atoms with Gasteiger partial charge in [-0.2, -0.15) is 0 Å². The third-order valence-electron chi connectivity index (χ3n) is 8.57. The SMILES string of the molecule is O=C1NC(=O)C(C2CCCCCC(Sc3ccc(OCC4CCCCCCCCCC4)cc3)CCC2)N1. The lowest BCUT2D eigenvalue weighted by molar-refractivity contribution is -0.121. The van der Waals surface area contributed by atoms with Gasteiger partial charge in [0.2, 0.25) is 0 Å². The van der Waals surface area contributed by atoms with Gasteiger partial charge < -0.3 is 10.1 Å². The van der Waals surface area contributed by atoms with Crippen LogP contribution in [0.25, 0.3) is 0 Å². The normalized spacial score (nSPS) is 27.5. The highest BCUT2D eigenvalue weighted by molar-refractivity contribution is 8.00. The van der Waals surface area contributed by atoms with Crippen LogP contribution >= 0.6 is 11.8 Å². The van der Waals surface area contributed by atoms with Gasteiger partial charge in [0.15, 0.2) is 0 Å². The second-order valence-electron chi connectivity index (χ2n) is 11.6. The average Bonchev–Trinajstić information content (AvgIpc) is 3.21. The van der Waals surface area contributed by atoms with E-state index in [1.807, 2.05) is 11.8 Å². The molecular weight excluding hydrogens is 480 g/mol. The molecule has 1 saturated heterocycles. The van der Waals surface area contributed by atoms with Gasteiger partial charge in [-0.15, -0.1) is 11.8 Å². The number of amides is 3. The van der Waals surface area contributed by atoms with Crippen LogP contribution in [0, 0.1) is 11.8 Å². The summed E-state index contributed by atoms with van der Waals surface area (Å²) in [6, 6.07) is 8.11. The van der Waals surface area contributed by atoms with Crippen molar-refractivity contribution in [3.63, 3.8) is 0 Å². The Morgan fingerprint density at radius 3 is 1.95 bits per heavy atom. The Morgan fingerprint density at radius 2 is 1.27 bits per heavy atom. The molecule has 1 heterocycles. The van der Waals surface area contributed by atoms with Crippen LogP contribution in [0.4, 0.5) is 4.79 Å². The van der Waals surface area contributed by atoms with Crippen molar-refractivity contribution in [1.29, 1.82) is 0 Å². The molecule has 2 N–H and O–H groups in total. The summed E-state index contributed by atoms with van der Waals surface area (Å²) >= 11 is 2.00. The van der Waals surface area contributed by atoms with Crippen molar-refractivity contribution in [2.45, 2.75) is 132 Å². The largest absolute Gasteiger partial charge is 0.493 e. The third-order valence-corrected chi connectivity index (χ3v) is 9.92. The maximum Gasteiger partial charge on any atom is 0.322 e. The molecule has 1 aliphatic heterocycles. The van der Waals surface area contributed by atoms with Crippen LogP contribution in [0.15, 0.2) is 29.2 Å². The second kappa shape index (κ2) is 15.7. The van der Waals surface area contributed by atoms with E-state index in [0.717, 1.165) is 44.5 Å². The topological polar surface area (TPSA) is 67.4 Å². The Bertz CT molecular complexity index is 818. The smallest absolute Gasteiger partial charge is 0.322 e. The van der Waals surface area contributed by atoms with Crippen LogP contribution in [0.2, 0.25) is 0 Å². The fourth-order valence-corrected chi connectivity index (χ4v) is 7.57. The lowest BCUT2D eigenvalue weighted by Gasteiger charge is -2.25. The maximum atomic E-state index is 12.2. The molecule has 1 aromatic rings. The molecule has 3 aliphatic rings. The molecule has 3 fully saturated rings. The molecule has 4 rings (SSSR count). The maximum absolute atomic E-state index is 12.2. The Balaban J connectivity index is 1.22. The first-order chi connectivity index (χ1) is 18.2. The van der Waals surface area contributed by atoms with E-state index >= 15 is 0 Å². The number of ether oxygens (including phenoxy) is 1. The summed E-state index contributed by atoms with van der Waals surface area (Å²) in [6.45, 7) is 0.857. The van der Waals surface area contributed by atoms with E-state index in [4.69, 9.17) is 4.74 Å². The van der Waals surface area contributed by atoms with Crippen molar-refractivity contribution >= 4 is 23.7 Å². The Morgan fingerprint density at radius 1 is 0.703 bits per heavy atom. The number of rotatable bonds is 6. The van der Waals surface area contributed by atoms with E-state index in [1.165, 1.54) is 88.4 Å². The predicted molar refractivity (Wildman–Crippen MR) is 152 cm³/mol. The molecule has 3 unspecified atom stereocenters. The Kier molecular flexibility index (Phi) is 12.0. The number of hydrogen-bond donors (Lipinski definition) is 2. The lowest BCUT2D eigenvalue weighted by Crippen LogP contribution is -2.37. The van der Waals surface area contributed by atoms with Crippen LogP contribution < -0.4 is 15.4 Å². The summed E-state index contributed by atoms with van der Waals surface area (Å²) in [7, 11) is 0. The van der Waals surface area contributed by atoms with Gasteiger partial charge in [0, 0.05) is 10.1 Å². The number of imide groups is 1. The average molecular weight is 529 g/mol. The van der Waals surface area contributed by atoms with Gasteiger partial charge in [-0.05, 0) is 74.6 Å². The molecule has 37 heavy (non-hydrogen) atoms. The summed E-state index contributed by atoms with van der Waals surface area (Å²) in [5.41, 5.74) is 0. The van der Waals surface area contributed by atoms with Crippen LogP contribution in [0.5, 0.6) is 5.75 Å². The molecule has 0 radical (unpaired) electrons. The number of nitrogens with one attached hydrogen (secondary N) is 2. The van der Waals surface area contributed by atoms with E-state index in [1.54, 1.807) is 0 Å². The van der Waals surface area contributed by atoms with Gasteiger partial charge in [-0.1, -0.05) is 77.0 Å². The van der Waals surface area contributed by atoms with Crippen molar-refractivity contribution in [2.24, 2.45) is 11.8 Å². The van der Waals surface area contributed by atoms with Gasteiger partial charge in [-0.25, -0.2) is 4.79 Å². The van der Waals surface area contributed by atoms with Crippen molar-refractivity contribution in [2.75, 3.05) is 6.61 Å². The van der Waals surface area contributed by atoms with E-state index < -0.39 is 0 Å². The molecule has 3 atom stereocenters. The van der Waals surface area contributed by atoms with Crippen LogP contribution in [-0.2, 0) is 4.79 Å². The molecule has 0 bridgehead atoms. The van der Waals surface area contributed by atoms with Gasteiger partial charge >= 0.3 is 6.03 Å². The molecule has 6 heteroatoms. The summed E-state index contributed by atoms with van der Waals surface area (Å²) < 4.78 is 6.26. The van der Waals surface area contributed by atoms with Crippen molar-refractivity contribution in [3.8, 4) is 5.75 Å². The molecule has 3 amide bonds. The number of carbonyl (C=O) groups excluding carboxylic acids is 2. The quantitative estimate of drug-likeness (QED) is 0.367. The summed E-state index contributed by atoms with van der Waals surface area (Å²) in [4.78, 5) is 25.1. The number of thioether (sulfide) groups is 1. The third kappa shape index (κ3) is 9.85. The number of hydrogen-bond acceptors (Lipinski definition) is 4. The van der Waals surface area contributed by atoms with Gasteiger partial charge in [0.05, 0.1) is 6.61 Å². The molecule has 206 valence electrons. The van der Waals surface area contributed by atoms with E-state index in [9.17, 15) is 9.59 Å². The molecule has 2 aliphatic carbocycles. The zero-order valence-electron chi connectivity index (χ0n) is 22.7. The molecule has 0 aromatic heterocycles. The zero-order valence-corrected chi connectivity index (χ0v) is 23.5. The lowest BCUT2D eigenvalue weighted by atomic mass is 9.87. The first kappa shape index (κ1) is 28.3. The molecule has 5 nitrogen and oxygen atoms in total. The Hall–Kier alpha value is -1.69. The first-order valence-corrected chi connectivity index (χ1v) is 16.1. The van der Waals surface area contributed by atoms with Crippen LogP contribution in [0.3, 0.4) is 0 Å². The summed E-state index contributed by atoms with van der Waals surface area (Å²) in [5, 5.41) is 5.85. The second-order valence-corrected chi connectivity index (χ2v) is 12.9. The minimum absolute atomic E-state index is 0.142. The fourth-order valence-electron chi connectivity index (χ4n) is 6.33. The summed E-state index contributed by atoms with van der Waals surface area (Å²) in [5.74, 6) is 1.81. The van der Waals surface area contributed by atoms with Crippen LogP contribution in [0.1, 0.15) is 116 Å². The van der Waals surface area contributed by atoms with E-state index in [0.29, 0.717) is 11.2 Å². The number of carbonyl (C=O) groups is 2. The predicted octanol–water partition coefficient (Wildman–Crippen LogP) is 8.02. The fraction of sp³-hybridized carbons (Fsp3) is 0.742. The number of urea groups is 1. The highest BCUT2D eigenvalue weighted by Gasteiger charge is 2.35. The standard InChI is InChI=1S/C31H48N2O3S/c34-30-29(32-31(35)33-30)25-15-10-7-11-17-27(18-12-16-25)37-28-21-19-26(20-22-28)36-23-24-13-8-5-3-1-2-4-6-9-14-24/h19-22,24-25,27,29H,1-18,23H2,(H2,32,33,34,35). The summed E-state index contributed by atoms with van der Waals surface area (Å²) in [6.07, 6.45) is 22.9. The molecular formula is C31H48N2O3S. The number of benzene rings is 1. The molecule has 0 spiro atoms. The van der Waals surface area contributed by atoms with E-state index in [2.05, 4.69) is 34.9 Å². The minimum atomic E-state index is -0.341. The Labute approximate surface area is 228 Å². The van der Waals surface area contributed by atoms with Gasteiger partial charge in [-0.3, -0.25) is 10.1 Å². The van der Waals surface area contributed by atoms with Crippen molar-refractivity contribution in [3.05, 3.63) is 24.3 Å². The highest BCUT2D eigenvalue weighted by Crippen LogP contribution is 2.34. The molecule has 2 saturated carbocycles. The van der Waals surface area contributed by atoms with E-state index in [-0.39, 0.29) is 23.9 Å². The zero-order chi connectivity index (χ0) is 25.7. The molecule has 1 aromatic carbocycles. The van der Waals surface area contributed by atoms with Crippen LogP contribution in [-0.4, -0.2) is 29.8 Å².